The number of morpholine rings is 1. The maximum atomic E-state index is 12.3. The molecule has 1 aromatic carbocycles. The summed E-state index contributed by atoms with van der Waals surface area (Å²) >= 11 is 3.36. The van der Waals surface area contributed by atoms with Crippen LogP contribution in [0.15, 0.2) is 27.6 Å². The van der Waals surface area contributed by atoms with Crippen molar-refractivity contribution in [2.75, 3.05) is 26.3 Å². The normalized spacial score (nSPS) is 18.2. The zero-order valence-corrected chi connectivity index (χ0v) is 11.9. The highest BCUT2D eigenvalue weighted by Crippen LogP contribution is 2.23. The van der Waals surface area contributed by atoms with E-state index in [4.69, 9.17) is 4.74 Å². The minimum Gasteiger partial charge on any atom is -0.379 e. The van der Waals surface area contributed by atoms with Crippen LogP contribution < -0.4 is 0 Å². The Morgan fingerprint density at radius 1 is 1.29 bits per heavy atom. The van der Waals surface area contributed by atoms with Crippen LogP contribution in [0.25, 0.3) is 0 Å². The molecule has 1 aromatic rings. The lowest BCUT2D eigenvalue weighted by Crippen LogP contribution is -2.40. The fraction of sp³-hybridized carbons (Fsp3) is 0.455. The Morgan fingerprint density at radius 3 is 2.53 bits per heavy atom. The summed E-state index contributed by atoms with van der Waals surface area (Å²) in [5, 5.41) is 0. The lowest BCUT2D eigenvalue weighted by Gasteiger charge is -2.26. The number of benzene rings is 1. The van der Waals surface area contributed by atoms with Gasteiger partial charge in [-0.1, -0.05) is 15.9 Å². The molecule has 0 amide bonds. The molecular formula is C11H14BrNO3S. The van der Waals surface area contributed by atoms with Crippen molar-refractivity contribution in [1.82, 2.24) is 4.31 Å². The maximum Gasteiger partial charge on any atom is 0.243 e. The number of aryl methyl sites for hydroxylation is 1. The van der Waals surface area contributed by atoms with Crippen LogP contribution in [0.1, 0.15) is 5.56 Å². The predicted octanol–water partition coefficient (Wildman–Crippen LogP) is 1.78. The van der Waals surface area contributed by atoms with Crippen LogP contribution in [0.3, 0.4) is 0 Å². The fourth-order valence-corrected chi connectivity index (χ4v) is 3.45. The number of rotatable bonds is 2. The summed E-state index contributed by atoms with van der Waals surface area (Å²) in [5.74, 6) is 0. The zero-order chi connectivity index (χ0) is 12.5. The lowest BCUT2D eigenvalue weighted by molar-refractivity contribution is 0.0730. The second-order valence-corrected chi connectivity index (χ2v) is 6.72. The maximum absolute atomic E-state index is 12.3. The summed E-state index contributed by atoms with van der Waals surface area (Å²) in [4.78, 5) is 0.347. The van der Waals surface area contributed by atoms with Crippen LogP contribution in [-0.2, 0) is 14.8 Å². The summed E-state index contributed by atoms with van der Waals surface area (Å²) in [6.07, 6.45) is 0. The third kappa shape index (κ3) is 2.70. The van der Waals surface area contributed by atoms with Gasteiger partial charge in [-0.2, -0.15) is 4.31 Å². The molecule has 1 saturated heterocycles. The Bertz CT molecular complexity index is 509. The van der Waals surface area contributed by atoms with Gasteiger partial charge in [0, 0.05) is 17.6 Å². The van der Waals surface area contributed by atoms with E-state index in [1.54, 1.807) is 18.2 Å². The molecule has 94 valence electrons. The first kappa shape index (κ1) is 13.0. The highest BCUT2D eigenvalue weighted by molar-refractivity contribution is 9.10. The number of ether oxygens (including phenoxy) is 1. The second-order valence-electron chi connectivity index (χ2n) is 3.93. The highest BCUT2D eigenvalue weighted by Gasteiger charge is 2.26. The van der Waals surface area contributed by atoms with Crippen LogP contribution in [0.5, 0.6) is 0 Å². The average Bonchev–Trinajstić information content (AvgIpc) is 2.33. The minimum absolute atomic E-state index is 0.347. The van der Waals surface area contributed by atoms with Crippen molar-refractivity contribution in [2.24, 2.45) is 0 Å². The van der Waals surface area contributed by atoms with Crippen molar-refractivity contribution in [1.29, 1.82) is 0 Å². The smallest absolute Gasteiger partial charge is 0.243 e. The Kier molecular flexibility index (Phi) is 3.87. The van der Waals surface area contributed by atoms with Gasteiger partial charge in [0.05, 0.1) is 18.1 Å². The van der Waals surface area contributed by atoms with Crippen molar-refractivity contribution in [3.63, 3.8) is 0 Å². The lowest BCUT2D eigenvalue weighted by atomic mass is 10.2. The van der Waals surface area contributed by atoms with Gasteiger partial charge in [-0.3, -0.25) is 0 Å². The Labute approximate surface area is 110 Å². The van der Waals surface area contributed by atoms with Gasteiger partial charge in [-0.25, -0.2) is 8.42 Å². The SMILES string of the molecule is Cc1cc(S(=O)(=O)N2CCOCC2)ccc1Br. The van der Waals surface area contributed by atoms with Gasteiger partial charge in [0.15, 0.2) is 0 Å². The minimum atomic E-state index is -3.37. The van der Waals surface area contributed by atoms with E-state index in [0.717, 1.165) is 10.0 Å². The van der Waals surface area contributed by atoms with E-state index < -0.39 is 10.0 Å². The topological polar surface area (TPSA) is 46.6 Å². The van der Waals surface area contributed by atoms with E-state index in [-0.39, 0.29) is 0 Å². The van der Waals surface area contributed by atoms with Gasteiger partial charge >= 0.3 is 0 Å². The fourth-order valence-electron chi connectivity index (χ4n) is 1.71. The molecule has 0 saturated carbocycles. The number of hydrogen-bond donors (Lipinski definition) is 0. The highest BCUT2D eigenvalue weighted by atomic mass is 79.9. The third-order valence-corrected chi connectivity index (χ3v) is 5.52. The summed E-state index contributed by atoms with van der Waals surface area (Å²) < 4.78 is 32.2. The molecule has 0 aromatic heterocycles. The van der Waals surface area contributed by atoms with Crippen LogP contribution >= 0.6 is 15.9 Å². The molecule has 6 heteroatoms. The van der Waals surface area contributed by atoms with E-state index in [1.165, 1.54) is 4.31 Å². The molecule has 1 aliphatic rings. The summed E-state index contributed by atoms with van der Waals surface area (Å²) in [6.45, 7) is 3.67. The Balaban J connectivity index is 2.33. The van der Waals surface area contributed by atoms with Crippen molar-refractivity contribution in [3.05, 3.63) is 28.2 Å². The predicted molar refractivity (Wildman–Crippen MR) is 68.5 cm³/mol. The first-order valence-corrected chi connectivity index (χ1v) is 7.59. The van der Waals surface area contributed by atoms with Crippen LogP contribution in [0, 0.1) is 6.92 Å². The summed E-state index contributed by atoms with van der Waals surface area (Å²) in [7, 11) is -3.37. The molecule has 1 heterocycles. The van der Waals surface area contributed by atoms with Crippen molar-refractivity contribution >= 4 is 26.0 Å². The van der Waals surface area contributed by atoms with Crippen LogP contribution in [-0.4, -0.2) is 39.0 Å². The van der Waals surface area contributed by atoms with Crippen molar-refractivity contribution in [2.45, 2.75) is 11.8 Å². The van der Waals surface area contributed by atoms with E-state index in [1.807, 2.05) is 6.92 Å². The second kappa shape index (κ2) is 5.06. The first-order chi connectivity index (χ1) is 8.01. The Morgan fingerprint density at radius 2 is 1.94 bits per heavy atom. The molecule has 4 nitrogen and oxygen atoms in total. The number of nitrogens with zero attached hydrogens (tertiary/aromatic N) is 1. The molecule has 0 bridgehead atoms. The summed E-state index contributed by atoms with van der Waals surface area (Å²) in [5.41, 5.74) is 0.916. The molecule has 0 aliphatic carbocycles. The molecule has 0 unspecified atom stereocenters. The van der Waals surface area contributed by atoms with Gasteiger partial charge in [-0.15, -0.1) is 0 Å². The van der Waals surface area contributed by atoms with Gasteiger partial charge < -0.3 is 4.74 Å². The first-order valence-electron chi connectivity index (χ1n) is 5.36. The van der Waals surface area contributed by atoms with Gasteiger partial charge in [0.2, 0.25) is 10.0 Å². The average molecular weight is 320 g/mol. The zero-order valence-electron chi connectivity index (χ0n) is 9.52. The van der Waals surface area contributed by atoms with Crippen LogP contribution in [0.2, 0.25) is 0 Å². The summed E-state index contributed by atoms with van der Waals surface area (Å²) in [6, 6.07) is 5.08. The van der Waals surface area contributed by atoms with E-state index in [2.05, 4.69) is 15.9 Å². The van der Waals surface area contributed by atoms with Gasteiger partial charge in [0.25, 0.3) is 0 Å². The van der Waals surface area contributed by atoms with Gasteiger partial charge in [-0.05, 0) is 30.7 Å². The molecular weight excluding hydrogens is 306 g/mol. The van der Waals surface area contributed by atoms with Crippen molar-refractivity contribution in [3.8, 4) is 0 Å². The standard InChI is InChI=1S/C11H14BrNO3S/c1-9-8-10(2-3-11(9)12)17(14,15)13-4-6-16-7-5-13/h2-3,8H,4-7H2,1H3. The van der Waals surface area contributed by atoms with E-state index in [0.29, 0.717) is 31.2 Å². The molecule has 0 atom stereocenters. The van der Waals surface area contributed by atoms with E-state index in [9.17, 15) is 8.42 Å². The van der Waals surface area contributed by atoms with E-state index >= 15 is 0 Å². The number of hydrogen-bond acceptors (Lipinski definition) is 3. The largest absolute Gasteiger partial charge is 0.379 e. The molecule has 1 aliphatic heterocycles. The quantitative estimate of drug-likeness (QED) is 0.834. The molecule has 0 spiro atoms. The van der Waals surface area contributed by atoms with Crippen molar-refractivity contribution < 1.29 is 13.2 Å². The van der Waals surface area contributed by atoms with Crippen LogP contribution in [0.4, 0.5) is 0 Å². The molecule has 2 rings (SSSR count). The molecule has 0 N–H and O–H groups in total. The molecule has 1 fully saturated rings. The van der Waals surface area contributed by atoms with Gasteiger partial charge in [0.1, 0.15) is 0 Å². The number of halogens is 1. The Hall–Kier alpha value is -0.430. The number of sulfonamides is 1. The molecule has 17 heavy (non-hydrogen) atoms. The molecule has 0 radical (unpaired) electrons. The third-order valence-electron chi connectivity index (χ3n) is 2.74. The monoisotopic (exact) mass is 319 g/mol.